The monoisotopic (exact) mass is 185 g/mol. The number of β-amino-alcohol motifs (C(OH)–C–C–N with tert-alkyl or cyclic N) is 1. The number of nitrogens with zero attached hydrogens (tertiary/aromatic N) is 3. The Hall–Kier alpha value is -1.01. The predicted molar refractivity (Wildman–Crippen MR) is 41.8 cm³/mol. The lowest BCUT2D eigenvalue weighted by Gasteiger charge is -2.35. The predicted octanol–water partition coefficient (Wildman–Crippen LogP) is -0.645. The van der Waals surface area contributed by atoms with Crippen LogP contribution in [0.2, 0.25) is 0 Å². The highest BCUT2D eigenvalue weighted by Crippen LogP contribution is 2.11. The Morgan fingerprint density at radius 3 is 3.00 bits per heavy atom. The van der Waals surface area contributed by atoms with Gasteiger partial charge in [0, 0.05) is 13.1 Å². The molecular weight excluding hydrogens is 178 g/mol. The standard InChI is InChI=1S/C6H7N3O2S/c10-4-2-9(3-4)6(11)5-1-7-12-8-5/h1,4,10H,2-3H2. The normalized spacial score (nSPS) is 17.6. The number of aromatic nitrogens is 2. The minimum absolute atomic E-state index is 0.144. The first kappa shape index (κ1) is 7.63. The molecule has 0 unspecified atom stereocenters. The maximum Gasteiger partial charge on any atom is 0.275 e. The van der Waals surface area contributed by atoms with Crippen LogP contribution in [0.25, 0.3) is 0 Å². The second-order valence-corrected chi connectivity index (χ2v) is 3.21. The SMILES string of the molecule is O=C(c1cnsn1)N1CC(O)C1. The van der Waals surface area contributed by atoms with Crippen molar-refractivity contribution >= 4 is 17.6 Å². The lowest BCUT2D eigenvalue weighted by molar-refractivity contribution is 0.00557. The Morgan fingerprint density at radius 2 is 2.50 bits per heavy atom. The molecule has 5 nitrogen and oxygen atoms in total. The number of aliphatic hydroxyl groups excluding tert-OH is 1. The number of hydrogen-bond acceptors (Lipinski definition) is 5. The molecule has 1 aromatic rings. The van der Waals surface area contributed by atoms with E-state index >= 15 is 0 Å². The molecule has 2 heterocycles. The third kappa shape index (κ3) is 1.19. The van der Waals surface area contributed by atoms with E-state index in [0.717, 1.165) is 11.7 Å². The van der Waals surface area contributed by atoms with Gasteiger partial charge in [0.15, 0.2) is 5.69 Å². The fourth-order valence-electron chi connectivity index (χ4n) is 1.04. The Kier molecular flexibility index (Phi) is 1.78. The second-order valence-electron chi connectivity index (χ2n) is 2.66. The van der Waals surface area contributed by atoms with Gasteiger partial charge in [0.05, 0.1) is 24.0 Å². The van der Waals surface area contributed by atoms with E-state index < -0.39 is 0 Å². The van der Waals surface area contributed by atoms with Crippen molar-refractivity contribution in [3.8, 4) is 0 Å². The number of carbonyl (C=O) groups excluding carboxylic acids is 1. The molecule has 1 amide bonds. The van der Waals surface area contributed by atoms with Crippen molar-refractivity contribution in [1.29, 1.82) is 0 Å². The minimum Gasteiger partial charge on any atom is -0.389 e. The third-order valence-corrected chi connectivity index (χ3v) is 2.21. The highest BCUT2D eigenvalue weighted by Gasteiger charge is 2.30. The molecule has 64 valence electrons. The summed E-state index contributed by atoms with van der Waals surface area (Å²) in [5.74, 6) is -0.144. The molecule has 0 saturated carbocycles. The highest BCUT2D eigenvalue weighted by atomic mass is 32.1. The van der Waals surface area contributed by atoms with E-state index in [1.54, 1.807) is 4.90 Å². The summed E-state index contributed by atoms with van der Waals surface area (Å²) >= 11 is 1.01. The second kappa shape index (κ2) is 2.80. The Morgan fingerprint density at radius 1 is 1.75 bits per heavy atom. The molecule has 0 atom stereocenters. The Bertz CT molecular complexity index is 281. The maximum absolute atomic E-state index is 11.4. The van der Waals surface area contributed by atoms with Crippen molar-refractivity contribution in [2.45, 2.75) is 6.10 Å². The van der Waals surface area contributed by atoms with Gasteiger partial charge in [-0.2, -0.15) is 8.75 Å². The van der Waals surface area contributed by atoms with Crippen molar-refractivity contribution in [2.24, 2.45) is 0 Å². The van der Waals surface area contributed by atoms with E-state index in [-0.39, 0.29) is 12.0 Å². The first-order valence-electron chi connectivity index (χ1n) is 3.52. The van der Waals surface area contributed by atoms with Crippen molar-refractivity contribution < 1.29 is 9.90 Å². The molecular formula is C6H7N3O2S. The van der Waals surface area contributed by atoms with E-state index in [4.69, 9.17) is 5.11 Å². The number of hydrogen-bond donors (Lipinski definition) is 1. The van der Waals surface area contributed by atoms with Crippen molar-refractivity contribution in [3.05, 3.63) is 11.9 Å². The lowest BCUT2D eigenvalue weighted by Crippen LogP contribution is -2.53. The number of carbonyl (C=O) groups is 1. The summed E-state index contributed by atoms with van der Waals surface area (Å²) in [5.41, 5.74) is 0.368. The molecule has 1 aliphatic rings. The largest absolute Gasteiger partial charge is 0.389 e. The van der Waals surface area contributed by atoms with Crippen molar-refractivity contribution in [2.75, 3.05) is 13.1 Å². The van der Waals surface area contributed by atoms with E-state index in [1.807, 2.05) is 0 Å². The smallest absolute Gasteiger partial charge is 0.275 e. The molecule has 1 aliphatic heterocycles. The van der Waals surface area contributed by atoms with Crippen molar-refractivity contribution in [1.82, 2.24) is 13.6 Å². The van der Waals surface area contributed by atoms with Crippen LogP contribution in [-0.4, -0.2) is 43.9 Å². The van der Waals surface area contributed by atoms with Gasteiger partial charge in [-0.05, 0) is 0 Å². The van der Waals surface area contributed by atoms with Crippen LogP contribution in [0.3, 0.4) is 0 Å². The number of amides is 1. The Labute approximate surface area is 73.0 Å². The van der Waals surface area contributed by atoms with Gasteiger partial charge in [-0.1, -0.05) is 0 Å². The average Bonchev–Trinajstić information content (AvgIpc) is 2.49. The van der Waals surface area contributed by atoms with Gasteiger partial charge in [0.1, 0.15) is 0 Å². The molecule has 0 radical (unpaired) electrons. The van der Waals surface area contributed by atoms with Crippen LogP contribution in [0.5, 0.6) is 0 Å². The molecule has 1 aromatic heterocycles. The number of rotatable bonds is 1. The first-order chi connectivity index (χ1) is 5.77. The summed E-state index contributed by atoms with van der Waals surface area (Å²) in [7, 11) is 0. The fourth-order valence-corrected chi connectivity index (χ4v) is 1.45. The lowest BCUT2D eigenvalue weighted by atomic mass is 10.1. The van der Waals surface area contributed by atoms with E-state index in [9.17, 15) is 4.79 Å². The molecule has 0 aliphatic carbocycles. The van der Waals surface area contributed by atoms with Gasteiger partial charge >= 0.3 is 0 Å². The average molecular weight is 185 g/mol. The first-order valence-corrected chi connectivity index (χ1v) is 4.25. The molecule has 2 rings (SSSR count). The molecule has 1 fully saturated rings. The van der Waals surface area contributed by atoms with Gasteiger partial charge in [-0.3, -0.25) is 4.79 Å². The fraction of sp³-hybridized carbons (Fsp3) is 0.500. The summed E-state index contributed by atoms with van der Waals surface area (Å²) in [4.78, 5) is 12.9. The highest BCUT2D eigenvalue weighted by molar-refractivity contribution is 6.99. The van der Waals surface area contributed by atoms with Gasteiger partial charge < -0.3 is 10.0 Å². The summed E-state index contributed by atoms with van der Waals surface area (Å²) in [6.07, 6.45) is 1.08. The van der Waals surface area contributed by atoms with E-state index in [0.29, 0.717) is 18.8 Å². The van der Waals surface area contributed by atoms with Crippen LogP contribution in [-0.2, 0) is 0 Å². The van der Waals surface area contributed by atoms with Crippen molar-refractivity contribution in [3.63, 3.8) is 0 Å². The van der Waals surface area contributed by atoms with Crippen LogP contribution < -0.4 is 0 Å². The van der Waals surface area contributed by atoms with Gasteiger partial charge in [-0.15, -0.1) is 0 Å². The summed E-state index contributed by atoms with van der Waals surface area (Å²) in [6, 6.07) is 0. The molecule has 0 bridgehead atoms. The molecule has 0 spiro atoms. The van der Waals surface area contributed by atoms with E-state index in [1.165, 1.54) is 6.20 Å². The maximum atomic E-state index is 11.4. The minimum atomic E-state index is -0.361. The van der Waals surface area contributed by atoms with Gasteiger partial charge in [0.2, 0.25) is 0 Å². The third-order valence-electron chi connectivity index (χ3n) is 1.73. The zero-order valence-electron chi connectivity index (χ0n) is 6.17. The van der Waals surface area contributed by atoms with Crippen LogP contribution in [0.4, 0.5) is 0 Å². The summed E-state index contributed by atoms with van der Waals surface area (Å²) < 4.78 is 7.53. The zero-order chi connectivity index (χ0) is 8.55. The van der Waals surface area contributed by atoms with Gasteiger partial charge in [-0.25, -0.2) is 0 Å². The molecule has 12 heavy (non-hydrogen) atoms. The summed E-state index contributed by atoms with van der Waals surface area (Å²) in [6.45, 7) is 0.826. The number of likely N-dealkylation sites (tertiary alicyclic amines) is 1. The topological polar surface area (TPSA) is 66.3 Å². The number of aliphatic hydroxyl groups is 1. The molecule has 0 aromatic carbocycles. The summed E-state index contributed by atoms with van der Waals surface area (Å²) in [5, 5.41) is 8.94. The molecule has 1 N–H and O–H groups in total. The molecule has 1 saturated heterocycles. The van der Waals surface area contributed by atoms with Crippen LogP contribution >= 0.6 is 11.7 Å². The van der Waals surface area contributed by atoms with Crippen LogP contribution in [0, 0.1) is 0 Å². The van der Waals surface area contributed by atoms with E-state index in [2.05, 4.69) is 8.75 Å². The Balaban J connectivity index is 2.03. The molecule has 6 heteroatoms. The van der Waals surface area contributed by atoms with Crippen LogP contribution in [0.1, 0.15) is 10.5 Å². The van der Waals surface area contributed by atoms with Gasteiger partial charge in [0.25, 0.3) is 5.91 Å². The quantitative estimate of drug-likeness (QED) is 0.631. The zero-order valence-corrected chi connectivity index (χ0v) is 6.99. The van der Waals surface area contributed by atoms with Crippen LogP contribution in [0.15, 0.2) is 6.20 Å².